The van der Waals surface area contributed by atoms with Crippen molar-refractivity contribution in [3.05, 3.63) is 36.4 Å². The van der Waals surface area contributed by atoms with Crippen molar-refractivity contribution in [1.29, 1.82) is 0 Å². The smallest absolute Gasteiger partial charge is 0.225 e. The Kier molecular flexibility index (Phi) is 8.96. The van der Waals surface area contributed by atoms with E-state index in [4.69, 9.17) is 11.6 Å². The van der Waals surface area contributed by atoms with Crippen LogP contribution in [-0.2, 0) is 9.59 Å². The summed E-state index contributed by atoms with van der Waals surface area (Å²) in [5.41, 5.74) is 0. The summed E-state index contributed by atoms with van der Waals surface area (Å²) >= 11 is 6.27. The number of benzene rings is 1. The molecule has 0 saturated carbocycles. The molecule has 0 aliphatic carbocycles. The van der Waals surface area contributed by atoms with E-state index in [1.165, 1.54) is 6.92 Å². The van der Waals surface area contributed by atoms with Gasteiger partial charge in [0.25, 0.3) is 0 Å². The van der Waals surface area contributed by atoms with Crippen LogP contribution in [-0.4, -0.2) is 16.1 Å². The van der Waals surface area contributed by atoms with Gasteiger partial charge >= 0.3 is 0 Å². The first-order valence-corrected chi connectivity index (χ1v) is 6.23. The third kappa shape index (κ3) is 9.74. The lowest BCUT2D eigenvalue weighted by Crippen LogP contribution is -2.07. The van der Waals surface area contributed by atoms with Gasteiger partial charge < -0.3 is 0 Å². The molecule has 16 heavy (non-hydrogen) atoms. The molecule has 0 aliphatic rings. The molecule has 2 nitrogen and oxygen atoms in total. The number of carbonyl (C=O) groups excluding carboxylic acids is 2. The second-order valence-electron chi connectivity index (χ2n) is 3.16. The fourth-order valence-corrected chi connectivity index (χ4v) is 1.50. The molecule has 1 aromatic rings. The molecule has 0 amide bonds. The van der Waals surface area contributed by atoms with Gasteiger partial charge in [0, 0.05) is 18.6 Å². The Hall–Kier alpha value is -0.800. The van der Waals surface area contributed by atoms with Crippen molar-refractivity contribution in [2.75, 3.05) is 5.75 Å². The summed E-state index contributed by atoms with van der Waals surface area (Å²) in [6, 6.07) is 12.0. The van der Waals surface area contributed by atoms with E-state index in [2.05, 4.69) is 0 Å². The van der Waals surface area contributed by atoms with Crippen LogP contribution in [0.3, 0.4) is 0 Å². The predicted molar refractivity (Wildman–Crippen MR) is 69.6 cm³/mol. The van der Waals surface area contributed by atoms with E-state index in [1.54, 1.807) is 6.92 Å². The maximum Gasteiger partial charge on any atom is 0.225 e. The highest BCUT2D eigenvalue weighted by Crippen LogP contribution is 2.10. The average molecular weight is 259 g/mol. The standard InChI is InChI=1S/C6H9ClO2S.C6H6/c1-4(6(7)9)3-10-5(2)8;1-2-4-6-5-3-1/h4H,3H2,1-2H3;1-6H. The van der Waals surface area contributed by atoms with E-state index in [0.29, 0.717) is 5.75 Å². The molecule has 0 fully saturated rings. The second kappa shape index (κ2) is 9.43. The normalized spacial score (nSPS) is 10.9. The number of hydrogen-bond acceptors (Lipinski definition) is 3. The summed E-state index contributed by atoms with van der Waals surface area (Å²) < 4.78 is 0. The molecule has 0 aliphatic heterocycles. The van der Waals surface area contributed by atoms with Crippen molar-refractivity contribution in [3.63, 3.8) is 0 Å². The first-order valence-electron chi connectivity index (χ1n) is 4.86. The van der Waals surface area contributed by atoms with Gasteiger partial charge in [-0.3, -0.25) is 9.59 Å². The van der Waals surface area contributed by atoms with Gasteiger partial charge in [-0.05, 0) is 11.6 Å². The maximum atomic E-state index is 10.4. The topological polar surface area (TPSA) is 34.1 Å². The summed E-state index contributed by atoms with van der Waals surface area (Å²) in [4.78, 5) is 20.8. The molecular formula is C12H15ClO2S. The molecule has 0 saturated heterocycles. The third-order valence-corrected chi connectivity index (χ3v) is 3.04. The Balaban J connectivity index is 0.000000315. The van der Waals surface area contributed by atoms with Crippen LogP contribution < -0.4 is 0 Å². The van der Waals surface area contributed by atoms with Crippen LogP contribution in [0, 0.1) is 5.92 Å². The fraction of sp³-hybridized carbons (Fsp3) is 0.333. The van der Waals surface area contributed by atoms with Crippen molar-refractivity contribution < 1.29 is 9.59 Å². The molecule has 1 atom stereocenters. The first kappa shape index (κ1) is 15.2. The summed E-state index contributed by atoms with van der Waals surface area (Å²) in [6.07, 6.45) is 0. The van der Waals surface area contributed by atoms with Gasteiger partial charge in [0.1, 0.15) is 0 Å². The molecule has 1 unspecified atom stereocenters. The summed E-state index contributed by atoms with van der Waals surface area (Å²) in [6.45, 7) is 3.17. The molecule has 0 bridgehead atoms. The van der Waals surface area contributed by atoms with Gasteiger partial charge in [0.15, 0.2) is 5.12 Å². The van der Waals surface area contributed by atoms with Crippen LogP contribution in [0.4, 0.5) is 0 Å². The quantitative estimate of drug-likeness (QED) is 0.780. The zero-order valence-electron chi connectivity index (χ0n) is 9.35. The Morgan fingerprint density at radius 1 is 1.12 bits per heavy atom. The molecule has 0 aromatic heterocycles. The Bertz CT molecular complexity index is 287. The van der Waals surface area contributed by atoms with Crippen molar-refractivity contribution in [1.82, 2.24) is 0 Å². The molecule has 1 aromatic carbocycles. The minimum absolute atomic E-state index is 0.0183. The first-order chi connectivity index (χ1) is 7.54. The van der Waals surface area contributed by atoms with E-state index in [1.807, 2.05) is 36.4 Å². The van der Waals surface area contributed by atoms with Gasteiger partial charge in [-0.25, -0.2) is 0 Å². The second-order valence-corrected chi connectivity index (χ2v) is 4.73. The lowest BCUT2D eigenvalue weighted by molar-refractivity contribution is -0.114. The molecule has 88 valence electrons. The molecule has 1 rings (SSSR count). The lowest BCUT2D eigenvalue weighted by Gasteiger charge is -2.01. The van der Waals surface area contributed by atoms with Crippen molar-refractivity contribution in [3.8, 4) is 0 Å². The predicted octanol–water partition coefficient (Wildman–Crippen LogP) is 3.35. The fourth-order valence-electron chi connectivity index (χ4n) is 0.693. The number of carbonyl (C=O) groups is 2. The van der Waals surface area contributed by atoms with E-state index >= 15 is 0 Å². The molecule has 0 spiro atoms. The molecule has 0 radical (unpaired) electrons. The van der Waals surface area contributed by atoms with Gasteiger partial charge in [-0.15, -0.1) is 0 Å². The highest BCUT2D eigenvalue weighted by molar-refractivity contribution is 8.13. The van der Waals surface area contributed by atoms with Crippen LogP contribution in [0.2, 0.25) is 0 Å². The average Bonchev–Trinajstić information content (AvgIpc) is 2.28. The van der Waals surface area contributed by atoms with E-state index in [-0.39, 0.29) is 16.3 Å². The third-order valence-electron chi connectivity index (χ3n) is 1.59. The Morgan fingerprint density at radius 3 is 1.75 bits per heavy atom. The van der Waals surface area contributed by atoms with E-state index < -0.39 is 0 Å². The van der Waals surface area contributed by atoms with Crippen LogP contribution >= 0.6 is 23.4 Å². The van der Waals surface area contributed by atoms with Crippen LogP contribution in [0.1, 0.15) is 13.8 Å². The maximum absolute atomic E-state index is 10.4. The summed E-state index contributed by atoms with van der Waals surface area (Å²) in [5.74, 6) is 0.257. The van der Waals surface area contributed by atoms with Gasteiger partial charge in [-0.1, -0.05) is 55.1 Å². The highest BCUT2D eigenvalue weighted by atomic mass is 35.5. The van der Waals surface area contributed by atoms with Gasteiger partial charge in [-0.2, -0.15) is 0 Å². The Morgan fingerprint density at radius 2 is 1.50 bits per heavy atom. The molecule has 4 heteroatoms. The van der Waals surface area contributed by atoms with Gasteiger partial charge in [0.2, 0.25) is 5.24 Å². The number of halogens is 1. The number of hydrogen-bond donors (Lipinski definition) is 0. The lowest BCUT2D eigenvalue weighted by atomic mass is 10.2. The van der Waals surface area contributed by atoms with Crippen LogP contribution in [0.5, 0.6) is 0 Å². The van der Waals surface area contributed by atoms with Crippen molar-refractivity contribution in [2.45, 2.75) is 13.8 Å². The number of thioether (sulfide) groups is 1. The van der Waals surface area contributed by atoms with E-state index in [0.717, 1.165) is 11.8 Å². The SMILES string of the molecule is CC(=O)SCC(C)C(=O)Cl.c1ccccc1. The molecule has 0 N–H and O–H groups in total. The Labute approximate surface area is 105 Å². The number of rotatable bonds is 3. The minimum atomic E-state index is -0.381. The molecular weight excluding hydrogens is 244 g/mol. The molecule has 0 heterocycles. The monoisotopic (exact) mass is 258 g/mol. The highest BCUT2D eigenvalue weighted by Gasteiger charge is 2.10. The zero-order valence-corrected chi connectivity index (χ0v) is 10.9. The van der Waals surface area contributed by atoms with Crippen molar-refractivity contribution >= 4 is 33.7 Å². The van der Waals surface area contributed by atoms with Crippen molar-refractivity contribution in [2.24, 2.45) is 5.92 Å². The summed E-state index contributed by atoms with van der Waals surface area (Å²) in [5, 5.41) is -0.362. The van der Waals surface area contributed by atoms with E-state index in [9.17, 15) is 9.59 Å². The summed E-state index contributed by atoms with van der Waals surface area (Å²) in [7, 11) is 0. The largest absolute Gasteiger partial charge is 0.288 e. The zero-order chi connectivity index (χ0) is 12.4. The minimum Gasteiger partial charge on any atom is -0.288 e. The van der Waals surface area contributed by atoms with Gasteiger partial charge in [0.05, 0.1) is 0 Å². The van der Waals surface area contributed by atoms with Crippen LogP contribution in [0.25, 0.3) is 0 Å². The van der Waals surface area contributed by atoms with Crippen LogP contribution in [0.15, 0.2) is 36.4 Å².